The SMILES string of the molecule is Cc1ccsc1CCNC(=O)N1CCCC(C(=O)O)C1. The lowest BCUT2D eigenvalue weighted by Gasteiger charge is -2.30. The number of likely N-dealkylation sites (tertiary alicyclic amines) is 1. The number of piperidine rings is 1. The van der Waals surface area contributed by atoms with Gasteiger partial charge in [0.2, 0.25) is 0 Å². The maximum Gasteiger partial charge on any atom is 0.317 e. The molecule has 5 nitrogen and oxygen atoms in total. The molecule has 0 bridgehead atoms. The number of aliphatic carboxylic acids is 1. The number of carbonyl (C=O) groups excluding carboxylic acids is 1. The van der Waals surface area contributed by atoms with Crippen molar-refractivity contribution >= 4 is 23.3 Å². The minimum atomic E-state index is -0.809. The van der Waals surface area contributed by atoms with E-state index in [2.05, 4.69) is 23.7 Å². The van der Waals surface area contributed by atoms with E-state index in [1.807, 2.05) is 0 Å². The zero-order valence-electron chi connectivity index (χ0n) is 11.6. The molecule has 0 spiro atoms. The Morgan fingerprint density at radius 3 is 3.00 bits per heavy atom. The van der Waals surface area contributed by atoms with Crippen LogP contribution >= 0.6 is 11.3 Å². The summed E-state index contributed by atoms with van der Waals surface area (Å²) < 4.78 is 0. The van der Waals surface area contributed by atoms with Gasteiger partial charge in [0, 0.05) is 24.5 Å². The molecule has 2 heterocycles. The fourth-order valence-corrected chi connectivity index (χ4v) is 3.33. The quantitative estimate of drug-likeness (QED) is 0.894. The van der Waals surface area contributed by atoms with E-state index < -0.39 is 11.9 Å². The first-order chi connectivity index (χ1) is 9.58. The molecule has 20 heavy (non-hydrogen) atoms. The van der Waals surface area contributed by atoms with Crippen molar-refractivity contribution < 1.29 is 14.7 Å². The largest absolute Gasteiger partial charge is 0.481 e. The van der Waals surface area contributed by atoms with E-state index in [0.717, 1.165) is 12.8 Å². The number of carboxylic acids is 1. The van der Waals surface area contributed by atoms with Crippen molar-refractivity contribution in [1.29, 1.82) is 0 Å². The molecule has 2 rings (SSSR count). The number of hydrogen-bond donors (Lipinski definition) is 2. The Morgan fingerprint density at radius 2 is 2.35 bits per heavy atom. The minimum absolute atomic E-state index is 0.148. The van der Waals surface area contributed by atoms with Crippen LogP contribution in [0.2, 0.25) is 0 Å². The minimum Gasteiger partial charge on any atom is -0.481 e. The van der Waals surface area contributed by atoms with Crippen LogP contribution in [0.1, 0.15) is 23.3 Å². The molecule has 0 aromatic carbocycles. The predicted octanol–water partition coefficient (Wildman–Crippen LogP) is 2.11. The molecule has 1 saturated heterocycles. The van der Waals surface area contributed by atoms with Crippen LogP contribution in [0.25, 0.3) is 0 Å². The summed E-state index contributed by atoms with van der Waals surface area (Å²) in [6.07, 6.45) is 2.24. The molecule has 1 aromatic rings. The highest BCUT2D eigenvalue weighted by molar-refractivity contribution is 7.10. The van der Waals surface area contributed by atoms with Gasteiger partial charge in [0.25, 0.3) is 0 Å². The molecule has 1 unspecified atom stereocenters. The lowest BCUT2D eigenvalue weighted by Crippen LogP contribution is -2.47. The van der Waals surface area contributed by atoms with Crippen LogP contribution in [0.4, 0.5) is 4.79 Å². The lowest BCUT2D eigenvalue weighted by atomic mass is 9.99. The van der Waals surface area contributed by atoms with Gasteiger partial charge >= 0.3 is 12.0 Å². The average Bonchev–Trinajstić information content (AvgIpc) is 2.84. The number of carbonyl (C=O) groups is 2. The van der Waals surface area contributed by atoms with Crippen LogP contribution in [0.15, 0.2) is 11.4 Å². The maximum atomic E-state index is 12.0. The van der Waals surface area contributed by atoms with Gasteiger partial charge in [-0.3, -0.25) is 4.79 Å². The maximum absolute atomic E-state index is 12.0. The van der Waals surface area contributed by atoms with E-state index in [4.69, 9.17) is 5.11 Å². The Kier molecular flexibility index (Phi) is 5.00. The Morgan fingerprint density at radius 1 is 1.55 bits per heavy atom. The van der Waals surface area contributed by atoms with Gasteiger partial charge < -0.3 is 15.3 Å². The van der Waals surface area contributed by atoms with Crippen molar-refractivity contribution in [3.8, 4) is 0 Å². The zero-order chi connectivity index (χ0) is 14.5. The van der Waals surface area contributed by atoms with Gasteiger partial charge in [-0.1, -0.05) is 0 Å². The first-order valence-corrected chi connectivity index (χ1v) is 7.74. The number of urea groups is 1. The summed E-state index contributed by atoms with van der Waals surface area (Å²) in [5.74, 6) is -1.23. The van der Waals surface area contributed by atoms with Gasteiger partial charge in [-0.05, 0) is 43.2 Å². The monoisotopic (exact) mass is 296 g/mol. The number of amides is 2. The number of thiophene rings is 1. The summed E-state index contributed by atoms with van der Waals surface area (Å²) in [4.78, 5) is 25.9. The van der Waals surface area contributed by atoms with Crippen molar-refractivity contribution in [2.75, 3.05) is 19.6 Å². The van der Waals surface area contributed by atoms with Crippen molar-refractivity contribution in [1.82, 2.24) is 10.2 Å². The lowest BCUT2D eigenvalue weighted by molar-refractivity contribution is -0.143. The molecule has 6 heteroatoms. The molecule has 1 fully saturated rings. The Labute approximate surface area is 122 Å². The summed E-state index contributed by atoms with van der Waals surface area (Å²) in [6.45, 7) is 3.62. The van der Waals surface area contributed by atoms with Crippen LogP contribution in [-0.4, -0.2) is 41.6 Å². The van der Waals surface area contributed by atoms with E-state index in [1.54, 1.807) is 16.2 Å². The summed E-state index contributed by atoms with van der Waals surface area (Å²) >= 11 is 1.70. The first-order valence-electron chi connectivity index (χ1n) is 6.86. The molecule has 1 aliphatic heterocycles. The number of nitrogens with one attached hydrogen (secondary N) is 1. The molecule has 0 aliphatic carbocycles. The summed E-state index contributed by atoms with van der Waals surface area (Å²) in [6, 6.07) is 1.93. The summed E-state index contributed by atoms with van der Waals surface area (Å²) in [5, 5.41) is 13.9. The average molecular weight is 296 g/mol. The molecule has 2 N–H and O–H groups in total. The fourth-order valence-electron chi connectivity index (χ4n) is 2.42. The molecular weight excluding hydrogens is 276 g/mol. The number of aryl methyl sites for hydroxylation is 1. The van der Waals surface area contributed by atoms with Gasteiger partial charge in [-0.2, -0.15) is 0 Å². The molecule has 0 radical (unpaired) electrons. The second-order valence-corrected chi connectivity index (χ2v) is 6.13. The highest BCUT2D eigenvalue weighted by Gasteiger charge is 2.27. The molecule has 110 valence electrons. The molecule has 1 atom stereocenters. The highest BCUT2D eigenvalue weighted by atomic mass is 32.1. The van der Waals surface area contributed by atoms with Crippen LogP contribution < -0.4 is 5.32 Å². The van der Waals surface area contributed by atoms with E-state index in [-0.39, 0.29) is 6.03 Å². The third-order valence-electron chi connectivity index (χ3n) is 3.65. The standard InChI is InChI=1S/C14H20N2O3S/c1-10-5-8-20-12(10)4-6-15-14(19)16-7-2-3-11(9-16)13(17)18/h5,8,11H,2-4,6-7,9H2,1H3,(H,15,19)(H,17,18). The van der Waals surface area contributed by atoms with E-state index in [9.17, 15) is 9.59 Å². The summed E-state index contributed by atoms with van der Waals surface area (Å²) in [7, 11) is 0. The van der Waals surface area contributed by atoms with Gasteiger partial charge in [0.05, 0.1) is 5.92 Å². The first kappa shape index (κ1) is 14.8. The zero-order valence-corrected chi connectivity index (χ0v) is 12.4. The number of nitrogens with zero attached hydrogens (tertiary/aromatic N) is 1. The smallest absolute Gasteiger partial charge is 0.317 e. The molecule has 1 aromatic heterocycles. The van der Waals surface area contributed by atoms with Gasteiger partial charge in [0.1, 0.15) is 0 Å². The highest BCUT2D eigenvalue weighted by Crippen LogP contribution is 2.17. The topological polar surface area (TPSA) is 69.6 Å². The van der Waals surface area contributed by atoms with Gasteiger partial charge in [-0.25, -0.2) is 4.79 Å². The third kappa shape index (κ3) is 3.72. The molecule has 2 amide bonds. The van der Waals surface area contributed by atoms with E-state index in [1.165, 1.54) is 10.4 Å². The third-order valence-corrected chi connectivity index (χ3v) is 4.74. The number of hydrogen-bond acceptors (Lipinski definition) is 3. The number of carboxylic acid groups (broad SMARTS) is 1. The Hall–Kier alpha value is -1.56. The van der Waals surface area contributed by atoms with E-state index in [0.29, 0.717) is 26.1 Å². The predicted molar refractivity (Wildman–Crippen MR) is 78.1 cm³/mol. The second-order valence-electron chi connectivity index (χ2n) is 5.13. The van der Waals surface area contributed by atoms with Crippen LogP contribution in [0.3, 0.4) is 0 Å². The van der Waals surface area contributed by atoms with Crippen LogP contribution in [0.5, 0.6) is 0 Å². The van der Waals surface area contributed by atoms with Crippen LogP contribution in [0, 0.1) is 12.8 Å². The second kappa shape index (κ2) is 6.74. The van der Waals surface area contributed by atoms with Crippen molar-refractivity contribution in [3.05, 3.63) is 21.9 Å². The summed E-state index contributed by atoms with van der Waals surface area (Å²) in [5.41, 5.74) is 1.26. The van der Waals surface area contributed by atoms with Gasteiger partial charge in [-0.15, -0.1) is 11.3 Å². The van der Waals surface area contributed by atoms with E-state index >= 15 is 0 Å². The van der Waals surface area contributed by atoms with Crippen molar-refractivity contribution in [2.24, 2.45) is 5.92 Å². The molecular formula is C14H20N2O3S. The number of rotatable bonds is 4. The van der Waals surface area contributed by atoms with Crippen molar-refractivity contribution in [3.63, 3.8) is 0 Å². The Balaban J connectivity index is 1.77. The molecule has 1 aliphatic rings. The van der Waals surface area contributed by atoms with Gasteiger partial charge in [0.15, 0.2) is 0 Å². The fraction of sp³-hybridized carbons (Fsp3) is 0.571. The molecule has 0 saturated carbocycles. The van der Waals surface area contributed by atoms with Crippen LogP contribution in [-0.2, 0) is 11.2 Å². The normalized spacial score (nSPS) is 18.9. The van der Waals surface area contributed by atoms with Crippen molar-refractivity contribution in [2.45, 2.75) is 26.2 Å². The Bertz CT molecular complexity index is 487.